The molecule has 1 rings (SSSR count). The Morgan fingerprint density at radius 3 is 2.65 bits per heavy atom. The highest BCUT2D eigenvalue weighted by Gasteiger charge is 2.32. The maximum atomic E-state index is 11.6. The fourth-order valence-corrected chi connectivity index (χ4v) is 2.15. The quantitative estimate of drug-likeness (QED) is 0.636. The molecule has 1 amide bonds. The minimum Gasteiger partial charge on any atom is -0.388 e. The first-order valence-corrected chi connectivity index (χ1v) is 6.23. The van der Waals surface area contributed by atoms with Crippen LogP contribution in [0.25, 0.3) is 0 Å². The van der Waals surface area contributed by atoms with E-state index >= 15 is 0 Å². The summed E-state index contributed by atoms with van der Waals surface area (Å²) in [5.74, 6) is 0.420. The highest BCUT2D eigenvalue weighted by molar-refractivity contribution is 5.81. The maximum absolute atomic E-state index is 11.6. The van der Waals surface area contributed by atoms with Crippen molar-refractivity contribution in [3.05, 3.63) is 0 Å². The van der Waals surface area contributed by atoms with Crippen LogP contribution < -0.4 is 11.1 Å². The monoisotopic (exact) mass is 244 g/mol. The number of nitrogens with one attached hydrogen (secondary N) is 1. The Kier molecular flexibility index (Phi) is 5.36. The number of hydrogen-bond acceptors (Lipinski definition) is 4. The molecular formula is C12H24N2O3. The SMILES string of the molecule is COC(CN)C(=O)NCC1(O)CCC(C)CC1. The van der Waals surface area contributed by atoms with Gasteiger partial charge >= 0.3 is 0 Å². The van der Waals surface area contributed by atoms with E-state index in [1.165, 1.54) is 7.11 Å². The minimum atomic E-state index is -0.755. The molecule has 0 bridgehead atoms. The Morgan fingerprint density at radius 2 is 2.18 bits per heavy atom. The van der Waals surface area contributed by atoms with E-state index in [-0.39, 0.29) is 12.5 Å². The Labute approximate surface area is 103 Å². The zero-order chi connectivity index (χ0) is 12.9. The molecule has 0 saturated heterocycles. The highest BCUT2D eigenvalue weighted by atomic mass is 16.5. The summed E-state index contributed by atoms with van der Waals surface area (Å²) in [4.78, 5) is 11.6. The van der Waals surface area contributed by atoms with E-state index in [0.717, 1.165) is 25.7 Å². The van der Waals surface area contributed by atoms with Gasteiger partial charge in [-0.25, -0.2) is 0 Å². The average Bonchev–Trinajstić information content (AvgIpc) is 2.33. The lowest BCUT2D eigenvalue weighted by Gasteiger charge is -2.35. The molecule has 0 aromatic rings. The molecule has 5 nitrogen and oxygen atoms in total. The van der Waals surface area contributed by atoms with Crippen molar-refractivity contribution >= 4 is 5.91 Å². The van der Waals surface area contributed by atoms with Gasteiger partial charge in [-0.05, 0) is 31.6 Å². The molecule has 17 heavy (non-hydrogen) atoms. The molecule has 1 fully saturated rings. The fraction of sp³-hybridized carbons (Fsp3) is 0.917. The van der Waals surface area contributed by atoms with E-state index in [1.54, 1.807) is 0 Å². The number of nitrogens with two attached hydrogens (primary N) is 1. The van der Waals surface area contributed by atoms with Gasteiger partial charge < -0.3 is 20.9 Å². The molecule has 4 N–H and O–H groups in total. The first-order valence-electron chi connectivity index (χ1n) is 6.23. The molecule has 1 aliphatic rings. The van der Waals surface area contributed by atoms with Crippen molar-refractivity contribution in [2.75, 3.05) is 20.2 Å². The Balaban J connectivity index is 2.36. The molecule has 0 aromatic heterocycles. The summed E-state index contributed by atoms with van der Waals surface area (Å²) in [6.07, 6.45) is 2.89. The first-order chi connectivity index (χ1) is 8.00. The lowest BCUT2D eigenvalue weighted by atomic mass is 9.79. The molecular weight excluding hydrogens is 220 g/mol. The number of ether oxygens (including phenoxy) is 1. The fourth-order valence-electron chi connectivity index (χ4n) is 2.15. The van der Waals surface area contributed by atoms with Gasteiger partial charge in [0, 0.05) is 20.2 Å². The van der Waals surface area contributed by atoms with E-state index < -0.39 is 11.7 Å². The molecule has 0 radical (unpaired) electrons. The van der Waals surface area contributed by atoms with Crippen molar-refractivity contribution in [2.45, 2.75) is 44.3 Å². The van der Waals surface area contributed by atoms with E-state index in [1.807, 2.05) is 0 Å². The number of carbonyl (C=O) groups excluding carboxylic acids is 1. The maximum Gasteiger partial charge on any atom is 0.250 e. The van der Waals surface area contributed by atoms with Crippen molar-refractivity contribution < 1.29 is 14.6 Å². The van der Waals surface area contributed by atoms with Crippen LogP contribution in [0, 0.1) is 5.92 Å². The number of amides is 1. The van der Waals surface area contributed by atoms with Crippen molar-refractivity contribution in [2.24, 2.45) is 11.7 Å². The van der Waals surface area contributed by atoms with Gasteiger partial charge in [0.1, 0.15) is 6.10 Å². The summed E-state index contributed by atoms with van der Waals surface area (Å²) >= 11 is 0. The molecule has 1 aliphatic carbocycles. The van der Waals surface area contributed by atoms with Crippen molar-refractivity contribution in [3.63, 3.8) is 0 Å². The molecule has 100 valence electrons. The summed E-state index contributed by atoms with van der Waals surface area (Å²) in [6.45, 7) is 2.63. The zero-order valence-corrected chi connectivity index (χ0v) is 10.7. The van der Waals surface area contributed by atoms with E-state index in [4.69, 9.17) is 10.5 Å². The molecule has 0 spiro atoms. The van der Waals surface area contributed by atoms with Crippen LogP contribution in [0.2, 0.25) is 0 Å². The van der Waals surface area contributed by atoms with E-state index in [2.05, 4.69) is 12.2 Å². The third kappa shape index (κ3) is 4.26. The lowest BCUT2D eigenvalue weighted by Crippen LogP contribution is -2.49. The summed E-state index contributed by atoms with van der Waals surface area (Å²) in [7, 11) is 1.45. The first kappa shape index (κ1) is 14.4. The summed E-state index contributed by atoms with van der Waals surface area (Å²) < 4.78 is 4.93. The predicted octanol–water partition coefficient (Wildman–Crippen LogP) is 0.0175. The van der Waals surface area contributed by atoms with Gasteiger partial charge in [-0.3, -0.25) is 4.79 Å². The van der Waals surface area contributed by atoms with Crippen LogP contribution in [-0.4, -0.2) is 42.9 Å². The van der Waals surface area contributed by atoms with E-state index in [9.17, 15) is 9.90 Å². The number of hydrogen-bond donors (Lipinski definition) is 3. The van der Waals surface area contributed by atoms with Crippen LogP contribution in [-0.2, 0) is 9.53 Å². The van der Waals surface area contributed by atoms with Gasteiger partial charge in [-0.1, -0.05) is 6.92 Å². The van der Waals surface area contributed by atoms with Gasteiger partial charge in [0.15, 0.2) is 0 Å². The smallest absolute Gasteiger partial charge is 0.250 e. The number of rotatable bonds is 5. The second-order valence-electron chi connectivity index (χ2n) is 5.08. The standard InChI is InChI=1S/C12H24N2O3/c1-9-3-5-12(16,6-4-9)8-14-11(15)10(7-13)17-2/h9-10,16H,3-8,13H2,1-2H3,(H,14,15). The van der Waals surface area contributed by atoms with Crippen molar-refractivity contribution in [1.29, 1.82) is 0 Å². The second kappa shape index (κ2) is 6.33. The van der Waals surface area contributed by atoms with Gasteiger partial charge in [0.25, 0.3) is 5.91 Å². The van der Waals surface area contributed by atoms with Crippen LogP contribution in [0.1, 0.15) is 32.6 Å². The number of aliphatic hydroxyl groups is 1. The molecule has 0 aromatic carbocycles. The highest BCUT2D eigenvalue weighted by Crippen LogP contribution is 2.31. The third-order valence-corrected chi connectivity index (χ3v) is 3.59. The molecule has 1 atom stereocenters. The van der Waals surface area contributed by atoms with Crippen molar-refractivity contribution in [1.82, 2.24) is 5.32 Å². The predicted molar refractivity (Wildman–Crippen MR) is 65.4 cm³/mol. The summed E-state index contributed by atoms with van der Waals surface area (Å²) in [6, 6.07) is 0. The molecule has 0 heterocycles. The lowest BCUT2D eigenvalue weighted by molar-refractivity contribution is -0.132. The molecule has 1 saturated carbocycles. The Bertz CT molecular complexity index is 246. The Hall–Kier alpha value is -0.650. The minimum absolute atomic E-state index is 0.151. The van der Waals surface area contributed by atoms with Gasteiger partial charge in [-0.15, -0.1) is 0 Å². The molecule has 1 unspecified atom stereocenters. The van der Waals surface area contributed by atoms with Crippen LogP contribution in [0.4, 0.5) is 0 Å². The molecule has 0 aliphatic heterocycles. The van der Waals surface area contributed by atoms with Crippen LogP contribution in [0.3, 0.4) is 0 Å². The molecule has 5 heteroatoms. The van der Waals surface area contributed by atoms with Crippen LogP contribution >= 0.6 is 0 Å². The summed E-state index contributed by atoms with van der Waals surface area (Å²) in [5.41, 5.74) is 4.64. The van der Waals surface area contributed by atoms with E-state index in [0.29, 0.717) is 12.5 Å². The third-order valence-electron chi connectivity index (χ3n) is 3.59. The number of carbonyl (C=O) groups is 1. The van der Waals surface area contributed by atoms with Gasteiger partial charge in [-0.2, -0.15) is 0 Å². The van der Waals surface area contributed by atoms with Crippen molar-refractivity contribution in [3.8, 4) is 0 Å². The second-order valence-corrected chi connectivity index (χ2v) is 5.08. The van der Waals surface area contributed by atoms with Crippen LogP contribution in [0.5, 0.6) is 0 Å². The number of methoxy groups -OCH3 is 1. The normalized spacial score (nSPS) is 30.9. The van der Waals surface area contributed by atoms with Crippen LogP contribution in [0.15, 0.2) is 0 Å². The van der Waals surface area contributed by atoms with Gasteiger partial charge in [0.2, 0.25) is 0 Å². The zero-order valence-electron chi connectivity index (χ0n) is 10.7. The van der Waals surface area contributed by atoms with Gasteiger partial charge in [0.05, 0.1) is 5.60 Å². The summed E-state index contributed by atoms with van der Waals surface area (Å²) in [5, 5.41) is 13.0. The Morgan fingerprint density at radius 1 is 1.59 bits per heavy atom. The topological polar surface area (TPSA) is 84.6 Å². The average molecular weight is 244 g/mol. The largest absolute Gasteiger partial charge is 0.388 e.